The van der Waals surface area contributed by atoms with Gasteiger partial charge in [0.2, 0.25) is 0 Å². The van der Waals surface area contributed by atoms with Crippen LogP contribution in [0.25, 0.3) is 0 Å². The molecule has 0 aliphatic heterocycles. The van der Waals surface area contributed by atoms with Crippen molar-refractivity contribution in [1.82, 2.24) is 0 Å². The predicted molar refractivity (Wildman–Crippen MR) is 248 cm³/mol. The van der Waals surface area contributed by atoms with Gasteiger partial charge in [0.1, 0.15) is 6.61 Å². The number of rotatable bonds is 45. The molecule has 0 rings (SSSR count). The van der Waals surface area contributed by atoms with Gasteiger partial charge in [-0.25, -0.2) is 4.79 Å². The van der Waals surface area contributed by atoms with Crippen LogP contribution in [0.5, 0.6) is 0 Å². The molecular formula is C51H96NO7+. The molecule has 8 nitrogen and oxygen atoms in total. The number of unbranched alkanes of at least 4 members (excludes halogenated alkanes) is 27. The Hall–Kier alpha value is -2.19. The maximum Gasteiger partial charge on any atom is 0.362 e. The monoisotopic (exact) mass is 835 g/mol. The Balaban J connectivity index is 4.23. The van der Waals surface area contributed by atoms with Gasteiger partial charge < -0.3 is 23.8 Å². The summed E-state index contributed by atoms with van der Waals surface area (Å²) < 4.78 is 17.3. The zero-order valence-electron chi connectivity index (χ0n) is 39.5. The first-order valence-corrected chi connectivity index (χ1v) is 24.9. The van der Waals surface area contributed by atoms with Gasteiger partial charge in [0, 0.05) is 19.3 Å². The smallest absolute Gasteiger partial charge is 0.362 e. The lowest BCUT2D eigenvalue weighted by Crippen LogP contribution is -2.50. The van der Waals surface area contributed by atoms with E-state index in [1.54, 1.807) is 0 Å². The van der Waals surface area contributed by atoms with Crippen molar-refractivity contribution >= 4 is 17.9 Å². The van der Waals surface area contributed by atoms with Crippen molar-refractivity contribution in [2.45, 2.75) is 244 Å². The third-order valence-electron chi connectivity index (χ3n) is 11.4. The van der Waals surface area contributed by atoms with Crippen molar-refractivity contribution in [3.05, 3.63) is 24.3 Å². The Kier molecular flexibility index (Phi) is 40.9. The molecule has 346 valence electrons. The van der Waals surface area contributed by atoms with Crippen LogP contribution in [0, 0.1) is 0 Å². The molecule has 0 radical (unpaired) electrons. The zero-order chi connectivity index (χ0) is 43.5. The molecule has 0 saturated heterocycles. The van der Waals surface area contributed by atoms with Gasteiger partial charge in [0.15, 0.2) is 12.1 Å². The summed E-state index contributed by atoms with van der Waals surface area (Å²) >= 11 is 0. The van der Waals surface area contributed by atoms with E-state index in [0.29, 0.717) is 19.3 Å². The van der Waals surface area contributed by atoms with E-state index in [1.807, 2.05) is 27.2 Å². The standard InChI is InChI=1S/C51H95NO7/c1-6-8-10-12-14-16-18-20-21-22-23-24-25-26-27-28-30-32-34-36-38-40-42-50(54)59-47(45-57-44-43-48(51(55)56)52(3,4)5)46-58-49(53)41-39-37-35-33-31-29-19-17-15-13-11-9-7-2/h29,31,35,37,47-48H,6-28,30,32-34,36,38-46H2,1-5H3/p+1/b31-29+,37-35+. The second kappa shape index (κ2) is 42.5. The van der Waals surface area contributed by atoms with Gasteiger partial charge >= 0.3 is 17.9 Å². The molecule has 0 aromatic carbocycles. The Morgan fingerprint density at radius 1 is 0.508 bits per heavy atom. The SMILES string of the molecule is CCCCCCCC/C=C/C/C=C/CCC(=O)OCC(COCCC(C(=O)O)[N+](C)(C)C)OC(=O)CCCCCCCCCCCCCCCCCCCCCCCC. The molecule has 59 heavy (non-hydrogen) atoms. The van der Waals surface area contributed by atoms with E-state index in [0.717, 1.165) is 32.1 Å². The Labute approximate surface area is 364 Å². The van der Waals surface area contributed by atoms with E-state index in [1.165, 1.54) is 161 Å². The topological polar surface area (TPSA) is 99.1 Å². The highest BCUT2D eigenvalue weighted by molar-refractivity contribution is 5.72. The fourth-order valence-electron chi connectivity index (χ4n) is 7.50. The molecule has 0 aromatic heterocycles. The van der Waals surface area contributed by atoms with Crippen molar-refractivity contribution in [2.75, 3.05) is 41.0 Å². The van der Waals surface area contributed by atoms with Gasteiger partial charge in [-0.05, 0) is 32.1 Å². The minimum absolute atomic E-state index is 0.0484. The van der Waals surface area contributed by atoms with Crippen LogP contribution in [0.4, 0.5) is 0 Å². The molecule has 0 amide bonds. The van der Waals surface area contributed by atoms with Crippen LogP contribution < -0.4 is 0 Å². The van der Waals surface area contributed by atoms with Gasteiger partial charge in [-0.2, -0.15) is 0 Å². The number of carbonyl (C=O) groups is 3. The summed E-state index contributed by atoms with van der Waals surface area (Å²) in [7, 11) is 5.52. The van der Waals surface area contributed by atoms with Gasteiger partial charge in [-0.15, -0.1) is 0 Å². The molecule has 0 fully saturated rings. The third-order valence-corrected chi connectivity index (χ3v) is 11.4. The summed E-state index contributed by atoms with van der Waals surface area (Å²) in [6.45, 7) is 4.70. The van der Waals surface area contributed by atoms with Gasteiger partial charge in [-0.3, -0.25) is 9.59 Å². The fraction of sp³-hybridized carbons (Fsp3) is 0.863. The van der Waals surface area contributed by atoms with Crippen LogP contribution in [0.15, 0.2) is 24.3 Å². The third kappa shape index (κ3) is 41.0. The molecule has 0 aliphatic carbocycles. The zero-order valence-corrected chi connectivity index (χ0v) is 39.5. The fourth-order valence-corrected chi connectivity index (χ4v) is 7.50. The van der Waals surface area contributed by atoms with Crippen LogP contribution in [0.1, 0.15) is 232 Å². The summed E-state index contributed by atoms with van der Waals surface area (Å²) in [6.07, 6.45) is 48.2. The number of hydrogen-bond donors (Lipinski definition) is 1. The van der Waals surface area contributed by atoms with E-state index in [2.05, 4.69) is 32.1 Å². The summed E-state index contributed by atoms with van der Waals surface area (Å²) in [5, 5.41) is 9.63. The quantitative estimate of drug-likeness (QED) is 0.0282. The van der Waals surface area contributed by atoms with Crippen LogP contribution in [0.2, 0.25) is 0 Å². The van der Waals surface area contributed by atoms with E-state index < -0.39 is 18.1 Å². The maximum absolute atomic E-state index is 12.8. The molecule has 0 spiro atoms. The average molecular weight is 835 g/mol. The van der Waals surface area contributed by atoms with Crippen molar-refractivity contribution in [1.29, 1.82) is 0 Å². The average Bonchev–Trinajstić information content (AvgIpc) is 3.19. The molecule has 0 heterocycles. The number of hydrogen-bond acceptors (Lipinski definition) is 6. The molecule has 0 bridgehead atoms. The van der Waals surface area contributed by atoms with Crippen LogP contribution in [-0.4, -0.2) is 80.6 Å². The molecule has 0 aromatic rings. The van der Waals surface area contributed by atoms with Gasteiger partial charge in [0.05, 0.1) is 34.4 Å². The molecule has 2 atom stereocenters. The lowest BCUT2D eigenvalue weighted by molar-refractivity contribution is -0.887. The summed E-state index contributed by atoms with van der Waals surface area (Å²) in [5.74, 6) is -1.54. The van der Waals surface area contributed by atoms with Crippen LogP contribution in [-0.2, 0) is 28.6 Å². The second-order valence-corrected chi connectivity index (χ2v) is 18.1. The molecule has 0 saturated carbocycles. The minimum Gasteiger partial charge on any atom is -0.477 e. The van der Waals surface area contributed by atoms with Gasteiger partial charge in [0.25, 0.3) is 0 Å². The molecule has 2 unspecified atom stereocenters. The highest BCUT2D eigenvalue weighted by Gasteiger charge is 2.31. The van der Waals surface area contributed by atoms with E-state index in [9.17, 15) is 19.5 Å². The number of carboxylic acids is 1. The van der Waals surface area contributed by atoms with Gasteiger partial charge in [-0.1, -0.05) is 205 Å². The lowest BCUT2D eigenvalue weighted by atomic mass is 10.0. The number of allylic oxidation sites excluding steroid dienone is 4. The number of esters is 2. The highest BCUT2D eigenvalue weighted by Crippen LogP contribution is 2.16. The molecule has 1 N–H and O–H groups in total. The van der Waals surface area contributed by atoms with Crippen molar-refractivity contribution in [3.8, 4) is 0 Å². The summed E-state index contributed by atoms with van der Waals surface area (Å²) in [5.41, 5.74) is 0. The first-order chi connectivity index (χ1) is 28.6. The Morgan fingerprint density at radius 3 is 1.37 bits per heavy atom. The first kappa shape index (κ1) is 56.8. The summed E-state index contributed by atoms with van der Waals surface area (Å²) in [6, 6.07) is -0.619. The number of carboxylic acid groups (broad SMARTS) is 1. The molecule has 0 aliphatic rings. The van der Waals surface area contributed by atoms with Crippen molar-refractivity contribution in [2.24, 2.45) is 0 Å². The lowest BCUT2D eigenvalue weighted by Gasteiger charge is -2.31. The highest BCUT2D eigenvalue weighted by atomic mass is 16.6. The number of aliphatic carboxylic acids is 1. The van der Waals surface area contributed by atoms with E-state index in [-0.39, 0.29) is 42.7 Å². The molecule has 8 heteroatoms. The number of nitrogens with zero attached hydrogens (tertiary/aromatic N) is 1. The van der Waals surface area contributed by atoms with Crippen LogP contribution in [0.3, 0.4) is 0 Å². The minimum atomic E-state index is -0.878. The maximum atomic E-state index is 12.8. The number of carbonyl (C=O) groups excluding carboxylic acids is 2. The van der Waals surface area contributed by atoms with Crippen molar-refractivity contribution < 1.29 is 38.2 Å². The number of ether oxygens (including phenoxy) is 3. The normalized spacial score (nSPS) is 13.0. The van der Waals surface area contributed by atoms with E-state index >= 15 is 0 Å². The largest absolute Gasteiger partial charge is 0.477 e. The predicted octanol–water partition coefficient (Wildman–Crippen LogP) is 14.0. The molecular weight excluding hydrogens is 739 g/mol. The number of quaternary nitrogens is 1. The van der Waals surface area contributed by atoms with Crippen LogP contribution >= 0.6 is 0 Å². The number of likely N-dealkylation sites (N-methyl/N-ethyl adjacent to an activating group) is 1. The Bertz CT molecular complexity index is 1020. The van der Waals surface area contributed by atoms with Crippen molar-refractivity contribution in [3.63, 3.8) is 0 Å². The first-order valence-electron chi connectivity index (χ1n) is 24.9. The summed E-state index contributed by atoms with van der Waals surface area (Å²) in [4.78, 5) is 37.0. The Morgan fingerprint density at radius 2 is 0.932 bits per heavy atom. The second-order valence-electron chi connectivity index (χ2n) is 18.1. The van der Waals surface area contributed by atoms with E-state index in [4.69, 9.17) is 14.2 Å².